The summed E-state index contributed by atoms with van der Waals surface area (Å²) in [5.41, 5.74) is 1.59. The van der Waals surface area contributed by atoms with Crippen molar-refractivity contribution in [3.63, 3.8) is 0 Å². The third-order valence-corrected chi connectivity index (χ3v) is 6.35. The lowest BCUT2D eigenvalue weighted by Gasteiger charge is -2.24. The number of benzene rings is 4. The van der Waals surface area contributed by atoms with Crippen molar-refractivity contribution in [2.75, 3.05) is 10.6 Å². The first kappa shape index (κ1) is 26.5. The summed E-state index contributed by atoms with van der Waals surface area (Å²) in [7, 11) is 0. The third kappa shape index (κ3) is 5.80. The second-order valence-corrected chi connectivity index (χ2v) is 9.06. The minimum atomic E-state index is -1.14. The zero-order chi connectivity index (χ0) is 28.2. The van der Waals surface area contributed by atoms with Crippen molar-refractivity contribution >= 4 is 29.3 Å². The van der Waals surface area contributed by atoms with E-state index in [1.807, 2.05) is 0 Å². The van der Waals surface area contributed by atoms with Crippen molar-refractivity contribution in [2.24, 2.45) is 0 Å². The Morgan fingerprint density at radius 2 is 1.32 bits per heavy atom. The van der Waals surface area contributed by atoms with Gasteiger partial charge in [0.15, 0.2) is 12.1 Å². The topological polar surface area (TPSA) is 87.7 Å². The fourth-order valence-electron chi connectivity index (χ4n) is 4.35. The molecule has 4 aromatic rings. The highest BCUT2D eigenvalue weighted by Crippen LogP contribution is 2.35. The lowest BCUT2D eigenvalue weighted by atomic mass is 10.00. The SMILES string of the molecule is O=C(Nc1ccc([C@H]2OC(=O)N(Cc3ccc(F)cc3)[C@H]2C(=O)Nc2ccc(F)cc2)cc1)c1ccccc1F. The van der Waals surface area contributed by atoms with Crippen molar-refractivity contribution in [1.29, 1.82) is 0 Å². The van der Waals surface area contributed by atoms with Crippen LogP contribution < -0.4 is 10.6 Å². The molecule has 5 rings (SSSR count). The Morgan fingerprint density at radius 3 is 1.98 bits per heavy atom. The van der Waals surface area contributed by atoms with E-state index >= 15 is 0 Å². The number of carbonyl (C=O) groups is 3. The molecule has 2 atom stereocenters. The van der Waals surface area contributed by atoms with Crippen LogP contribution in [0.5, 0.6) is 0 Å². The number of nitrogens with zero attached hydrogens (tertiary/aromatic N) is 1. The zero-order valence-electron chi connectivity index (χ0n) is 20.8. The van der Waals surface area contributed by atoms with Gasteiger partial charge >= 0.3 is 6.09 Å². The summed E-state index contributed by atoms with van der Waals surface area (Å²) < 4.78 is 46.4. The summed E-state index contributed by atoms with van der Waals surface area (Å²) >= 11 is 0. The maximum Gasteiger partial charge on any atom is 0.411 e. The Kier molecular flexibility index (Phi) is 7.50. The number of nitrogens with one attached hydrogen (secondary N) is 2. The number of hydrogen-bond donors (Lipinski definition) is 2. The Bertz CT molecular complexity index is 1540. The van der Waals surface area contributed by atoms with Gasteiger partial charge in [0.2, 0.25) is 0 Å². The van der Waals surface area contributed by atoms with Crippen LogP contribution in [-0.2, 0) is 16.1 Å². The number of amides is 3. The normalized spacial score (nSPS) is 16.4. The van der Waals surface area contributed by atoms with Crippen LogP contribution in [0.25, 0.3) is 0 Å². The number of rotatable bonds is 7. The molecule has 7 nitrogen and oxygen atoms in total. The van der Waals surface area contributed by atoms with Gasteiger partial charge in [-0.1, -0.05) is 36.4 Å². The smallest absolute Gasteiger partial charge is 0.411 e. The van der Waals surface area contributed by atoms with Gasteiger partial charge < -0.3 is 15.4 Å². The molecule has 0 aromatic heterocycles. The van der Waals surface area contributed by atoms with E-state index in [0.29, 0.717) is 22.5 Å². The molecule has 0 unspecified atom stereocenters. The van der Waals surface area contributed by atoms with Gasteiger partial charge in [-0.25, -0.2) is 18.0 Å². The molecule has 1 saturated heterocycles. The Morgan fingerprint density at radius 1 is 0.750 bits per heavy atom. The van der Waals surface area contributed by atoms with Crippen LogP contribution in [0, 0.1) is 17.5 Å². The van der Waals surface area contributed by atoms with Crippen molar-refractivity contribution < 1.29 is 32.3 Å². The standard InChI is InChI=1S/C30H22F3N3O4/c31-20-9-5-18(6-10-20)17-36-26(29(38)35-23-15-11-21(32)12-16-23)27(40-30(36)39)19-7-13-22(14-8-19)34-28(37)24-3-1-2-4-25(24)33/h1-16,26-27H,17H2,(H,34,37)(H,35,38)/t26-,27-/m1/s1. The van der Waals surface area contributed by atoms with Gasteiger partial charge in [-0.05, 0) is 71.8 Å². The molecule has 0 bridgehead atoms. The molecule has 0 radical (unpaired) electrons. The molecule has 10 heteroatoms. The number of hydrogen-bond acceptors (Lipinski definition) is 4. The predicted molar refractivity (Wildman–Crippen MR) is 141 cm³/mol. The van der Waals surface area contributed by atoms with E-state index < -0.39 is 47.5 Å². The van der Waals surface area contributed by atoms with Gasteiger partial charge in [-0.2, -0.15) is 0 Å². The van der Waals surface area contributed by atoms with Crippen LogP contribution in [0.4, 0.5) is 29.3 Å². The van der Waals surface area contributed by atoms with E-state index in [9.17, 15) is 27.6 Å². The van der Waals surface area contributed by atoms with Gasteiger partial charge in [0.25, 0.3) is 11.8 Å². The molecular weight excluding hydrogens is 523 g/mol. The van der Waals surface area contributed by atoms with Gasteiger partial charge in [0, 0.05) is 11.4 Å². The molecule has 40 heavy (non-hydrogen) atoms. The minimum absolute atomic E-state index is 0.0338. The Labute approximate surface area is 227 Å². The van der Waals surface area contributed by atoms with E-state index in [1.165, 1.54) is 71.6 Å². The van der Waals surface area contributed by atoms with Gasteiger partial charge in [-0.15, -0.1) is 0 Å². The monoisotopic (exact) mass is 545 g/mol. The predicted octanol–water partition coefficient (Wildman–Crippen LogP) is 6.06. The van der Waals surface area contributed by atoms with E-state index in [2.05, 4.69) is 10.6 Å². The summed E-state index contributed by atoms with van der Waals surface area (Å²) in [6.45, 7) is -0.0338. The fourth-order valence-corrected chi connectivity index (χ4v) is 4.35. The highest BCUT2D eigenvalue weighted by molar-refractivity contribution is 6.04. The number of carbonyl (C=O) groups excluding carboxylic acids is 3. The molecule has 1 heterocycles. The Balaban J connectivity index is 1.39. The lowest BCUT2D eigenvalue weighted by Crippen LogP contribution is -2.43. The zero-order valence-corrected chi connectivity index (χ0v) is 20.8. The van der Waals surface area contributed by atoms with Crippen molar-refractivity contribution in [1.82, 2.24) is 4.90 Å². The molecule has 0 aliphatic carbocycles. The van der Waals surface area contributed by atoms with Crippen LogP contribution in [0.2, 0.25) is 0 Å². The molecule has 1 aliphatic heterocycles. The maximum absolute atomic E-state index is 14.0. The fraction of sp³-hybridized carbons (Fsp3) is 0.100. The van der Waals surface area contributed by atoms with Gasteiger partial charge in [0.05, 0.1) is 12.1 Å². The number of anilines is 2. The number of ether oxygens (including phenoxy) is 1. The van der Waals surface area contributed by atoms with Crippen molar-refractivity contribution in [3.8, 4) is 0 Å². The van der Waals surface area contributed by atoms with Crippen LogP contribution in [0.3, 0.4) is 0 Å². The summed E-state index contributed by atoms with van der Waals surface area (Å²) in [5, 5.41) is 5.29. The first-order chi connectivity index (χ1) is 19.3. The van der Waals surface area contributed by atoms with Crippen LogP contribution in [0.15, 0.2) is 97.1 Å². The van der Waals surface area contributed by atoms with E-state index in [1.54, 1.807) is 30.3 Å². The first-order valence-corrected chi connectivity index (χ1v) is 12.2. The van der Waals surface area contributed by atoms with Crippen LogP contribution >= 0.6 is 0 Å². The molecule has 4 aromatic carbocycles. The van der Waals surface area contributed by atoms with E-state index in [0.717, 1.165) is 0 Å². The maximum atomic E-state index is 14.0. The van der Waals surface area contributed by atoms with Crippen LogP contribution in [-0.4, -0.2) is 28.8 Å². The van der Waals surface area contributed by atoms with E-state index in [-0.39, 0.29) is 12.1 Å². The lowest BCUT2D eigenvalue weighted by molar-refractivity contribution is -0.121. The minimum Gasteiger partial charge on any atom is -0.438 e. The summed E-state index contributed by atoms with van der Waals surface area (Å²) in [6.07, 6.45) is -1.80. The number of halogens is 3. The largest absolute Gasteiger partial charge is 0.438 e. The quantitative estimate of drug-likeness (QED) is 0.296. The molecule has 2 N–H and O–H groups in total. The van der Waals surface area contributed by atoms with E-state index in [4.69, 9.17) is 4.74 Å². The molecular formula is C30H22F3N3O4. The molecule has 0 saturated carbocycles. The molecule has 1 aliphatic rings. The van der Waals surface area contributed by atoms with Gasteiger partial charge in [0.1, 0.15) is 17.5 Å². The number of cyclic esters (lactones) is 1. The van der Waals surface area contributed by atoms with Crippen molar-refractivity contribution in [3.05, 3.63) is 131 Å². The third-order valence-electron chi connectivity index (χ3n) is 6.35. The first-order valence-electron chi connectivity index (χ1n) is 12.2. The highest BCUT2D eigenvalue weighted by Gasteiger charge is 2.47. The summed E-state index contributed by atoms with van der Waals surface area (Å²) in [5.74, 6) is -2.80. The summed E-state index contributed by atoms with van der Waals surface area (Å²) in [6, 6.07) is 21.3. The second kappa shape index (κ2) is 11.3. The highest BCUT2D eigenvalue weighted by atomic mass is 19.1. The average molecular weight is 546 g/mol. The average Bonchev–Trinajstić information content (AvgIpc) is 3.27. The molecule has 3 amide bonds. The summed E-state index contributed by atoms with van der Waals surface area (Å²) in [4.78, 5) is 40.1. The van der Waals surface area contributed by atoms with Gasteiger partial charge in [-0.3, -0.25) is 14.5 Å². The molecule has 1 fully saturated rings. The molecule has 202 valence electrons. The van der Waals surface area contributed by atoms with Crippen LogP contribution in [0.1, 0.15) is 27.6 Å². The Hall–Kier alpha value is -5.12. The molecule has 0 spiro atoms. The second-order valence-electron chi connectivity index (χ2n) is 9.06. The van der Waals surface area contributed by atoms with Crippen molar-refractivity contribution in [2.45, 2.75) is 18.7 Å².